The number of aryl methyl sites for hydroxylation is 1. The van der Waals surface area contributed by atoms with Crippen molar-refractivity contribution >= 4 is 21.6 Å². The molecule has 2 atom stereocenters. The highest BCUT2D eigenvalue weighted by Gasteiger charge is 2.27. The Bertz CT molecular complexity index is 485. The van der Waals surface area contributed by atoms with Gasteiger partial charge >= 0.3 is 0 Å². The first-order chi connectivity index (χ1) is 7.99. The first-order valence-electron chi connectivity index (χ1n) is 5.61. The second kappa shape index (κ2) is 4.96. The fraction of sp³-hybridized carbons (Fsp3) is 0.700. The molecule has 96 valence electrons. The van der Waals surface area contributed by atoms with Crippen molar-refractivity contribution in [3.8, 4) is 0 Å². The summed E-state index contributed by atoms with van der Waals surface area (Å²) in [6.45, 7) is 0.396. The Kier molecular flexibility index (Phi) is 3.75. The molecule has 0 spiro atoms. The van der Waals surface area contributed by atoms with Gasteiger partial charge in [-0.15, -0.1) is 11.6 Å². The van der Waals surface area contributed by atoms with Gasteiger partial charge in [0.25, 0.3) is 10.0 Å². The first-order valence-corrected chi connectivity index (χ1v) is 7.53. The van der Waals surface area contributed by atoms with Crippen molar-refractivity contribution in [2.45, 2.75) is 29.7 Å². The van der Waals surface area contributed by atoms with Gasteiger partial charge in [0.05, 0.1) is 6.33 Å². The second-order valence-electron chi connectivity index (χ2n) is 4.44. The van der Waals surface area contributed by atoms with E-state index in [0.29, 0.717) is 6.54 Å². The Hall–Kier alpha value is -0.590. The standard InChI is InChI=1S/C10H16ClN3O2S/c1-14-6-10(12-7-14)17(15,16)13-5-8-3-2-4-9(8)11/h6-9,13H,2-5H2,1H3. The summed E-state index contributed by atoms with van der Waals surface area (Å²) < 4.78 is 27.9. The molecule has 1 aliphatic carbocycles. The molecule has 2 unspecified atom stereocenters. The van der Waals surface area contributed by atoms with Gasteiger partial charge in [0.15, 0.2) is 5.03 Å². The number of sulfonamides is 1. The van der Waals surface area contributed by atoms with E-state index in [1.807, 2.05) is 0 Å². The summed E-state index contributed by atoms with van der Waals surface area (Å²) in [5.74, 6) is 0.232. The summed E-state index contributed by atoms with van der Waals surface area (Å²) in [5.41, 5.74) is 0. The molecule has 0 aromatic carbocycles. The average molecular weight is 278 g/mol. The van der Waals surface area contributed by atoms with Crippen molar-refractivity contribution < 1.29 is 8.42 Å². The van der Waals surface area contributed by atoms with E-state index in [-0.39, 0.29) is 16.3 Å². The van der Waals surface area contributed by atoms with Crippen LogP contribution in [0.3, 0.4) is 0 Å². The zero-order chi connectivity index (χ0) is 12.5. The van der Waals surface area contributed by atoms with Crippen LogP contribution in [0.2, 0.25) is 0 Å². The first kappa shape index (κ1) is 12.9. The molecular formula is C10H16ClN3O2S. The van der Waals surface area contributed by atoms with Crippen LogP contribution in [-0.4, -0.2) is 29.9 Å². The predicted molar refractivity (Wildman–Crippen MR) is 65.4 cm³/mol. The van der Waals surface area contributed by atoms with Crippen LogP contribution in [0, 0.1) is 5.92 Å². The Labute approximate surface area is 106 Å². The number of imidazole rings is 1. The highest BCUT2D eigenvalue weighted by molar-refractivity contribution is 7.89. The van der Waals surface area contributed by atoms with Crippen LogP contribution < -0.4 is 4.72 Å². The van der Waals surface area contributed by atoms with E-state index in [4.69, 9.17) is 11.6 Å². The summed E-state index contributed by atoms with van der Waals surface area (Å²) in [5, 5.41) is 0.144. The third-order valence-corrected chi connectivity index (χ3v) is 4.94. The topological polar surface area (TPSA) is 64.0 Å². The number of nitrogens with zero attached hydrogens (tertiary/aromatic N) is 2. The molecule has 0 bridgehead atoms. The third kappa shape index (κ3) is 3.00. The molecule has 1 aromatic rings. The minimum atomic E-state index is -3.49. The predicted octanol–water partition coefficient (Wildman–Crippen LogP) is 1.11. The molecule has 1 fully saturated rings. The van der Waals surface area contributed by atoms with Crippen LogP contribution >= 0.6 is 11.6 Å². The van der Waals surface area contributed by atoms with E-state index in [2.05, 4.69) is 9.71 Å². The SMILES string of the molecule is Cn1cnc(S(=O)(=O)NCC2CCCC2Cl)c1. The lowest BCUT2D eigenvalue weighted by atomic mass is 10.1. The lowest BCUT2D eigenvalue weighted by Gasteiger charge is -2.13. The molecule has 1 saturated carbocycles. The van der Waals surface area contributed by atoms with Crippen LogP contribution in [0.15, 0.2) is 17.6 Å². The summed E-state index contributed by atoms with van der Waals surface area (Å²) in [6.07, 6.45) is 5.98. The third-order valence-electron chi connectivity index (χ3n) is 3.06. The Balaban J connectivity index is 1.98. The van der Waals surface area contributed by atoms with Crippen molar-refractivity contribution in [3.05, 3.63) is 12.5 Å². The van der Waals surface area contributed by atoms with Gasteiger partial charge < -0.3 is 4.57 Å². The van der Waals surface area contributed by atoms with Crippen molar-refractivity contribution in [2.24, 2.45) is 13.0 Å². The van der Waals surface area contributed by atoms with Gasteiger partial charge in [0.1, 0.15) is 0 Å². The Morgan fingerprint density at radius 3 is 2.88 bits per heavy atom. The van der Waals surface area contributed by atoms with Crippen molar-refractivity contribution in [1.29, 1.82) is 0 Å². The van der Waals surface area contributed by atoms with E-state index < -0.39 is 10.0 Å². The van der Waals surface area contributed by atoms with Crippen LogP contribution in [0.4, 0.5) is 0 Å². The molecule has 0 amide bonds. The van der Waals surface area contributed by atoms with Gasteiger partial charge in [-0.3, -0.25) is 0 Å². The maximum Gasteiger partial charge on any atom is 0.259 e. The zero-order valence-electron chi connectivity index (χ0n) is 9.63. The van der Waals surface area contributed by atoms with Gasteiger partial charge in [0, 0.05) is 25.2 Å². The molecule has 5 nitrogen and oxygen atoms in total. The smallest absolute Gasteiger partial charge is 0.259 e. The number of alkyl halides is 1. The fourth-order valence-corrected chi connectivity index (χ4v) is 3.48. The lowest BCUT2D eigenvalue weighted by Crippen LogP contribution is -2.31. The minimum absolute atomic E-state index is 0.0594. The van der Waals surface area contributed by atoms with E-state index in [1.165, 1.54) is 12.5 Å². The number of rotatable bonds is 4. The van der Waals surface area contributed by atoms with Gasteiger partial charge in [-0.1, -0.05) is 6.42 Å². The van der Waals surface area contributed by atoms with Crippen LogP contribution in [0.1, 0.15) is 19.3 Å². The summed E-state index contributed by atoms with van der Waals surface area (Å²) in [7, 11) is -1.76. The van der Waals surface area contributed by atoms with Crippen molar-refractivity contribution in [3.63, 3.8) is 0 Å². The van der Waals surface area contributed by atoms with E-state index in [1.54, 1.807) is 11.6 Å². The van der Waals surface area contributed by atoms with E-state index in [9.17, 15) is 8.42 Å². The summed E-state index contributed by atoms with van der Waals surface area (Å²) in [6, 6.07) is 0. The maximum atomic E-state index is 11.9. The van der Waals surface area contributed by atoms with Crippen LogP contribution in [0.5, 0.6) is 0 Å². The normalized spacial score (nSPS) is 25.3. The second-order valence-corrected chi connectivity index (χ2v) is 6.71. The molecule has 1 aromatic heterocycles. The number of aromatic nitrogens is 2. The molecule has 0 radical (unpaired) electrons. The number of hydrogen-bond donors (Lipinski definition) is 1. The van der Waals surface area contributed by atoms with Crippen molar-refractivity contribution in [1.82, 2.24) is 14.3 Å². The molecule has 17 heavy (non-hydrogen) atoms. The fourth-order valence-electron chi connectivity index (χ4n) is 2.04. The van der Waals surface area contributed by atoms with E-state index in [0.717, 1.165) is 19.3 Å². The highest BCUT2D eigenvalue weighted by Crippen LogP contribution is 2.29. The molecule has 0 saturated heterocycles. The Morgan fingerprint density at radius 1 is 1.59 bits per heavy atom. The Morgan fingerprint density at radius 2 is 2.35 bits per heavy atom. The molecular weight excluding hydrogens is 262 g/mol. The van der Waals surface area contributed by atoms with Gasteiger partial charge in [-0.25, -0.2) is 18.1 Å². The highest BCUT2D eigenvalue weighted by atomic mass is 35.5. The van der Waals surface area contributed by atoms with E-state index >= 15 is 0 Å². The van der Waals surface area contributed by atoms with Crippen molar-refractivity contribution in [2.75, 3.05) is 6.54 Å². The monoisotopic (exact) mass is 277 g/mol. The van der Waals surface area contributed by atoms with Crippen LogP contribution in [-0.2, 0) is 17.1 Å². The zero-order valence-corrected chi connectivity index (χ0v) is 11.2. The maximum absolute atomic E-state index is 11.9. The number of nitrogens with one attached hydrogen (secondary N) is 1. The number of hydrogen-bond acceptors (Lipinski definition) is 3. The van der Waals surface area contributed by atoms with Gasteiger partial charge in [-0.2, -0.15) is 0 Å². The minimum Gasteiger partial charge on any atom is -0.339 e. The quantitative estimate of drug-likeness (QED) is 0.839. The average Bonchev–Trinajstić information content (AvgIpc) is 2.85. The molecule has 1 aliphatic rings. The lowest BCUT2D eigenvalue weighted by molar-refractivity contribution is 0.522. The molecule has 1 N–H and O–H groups in total. The number of halogens is 1. The molecule has 0 aliphatic heterocycles. The summed E-state index contributed by atoms with van der Waals surface area (Å²) in [4.78, 5) is 3.83. The van der Waals surface area contributed by atoms with Gasteiger partial charge in [0.2, 0.25) is 0 Å². The molecule has 2 rings (SSSR count). The largest absolute Gasteiger partial charge is 0.339 e. The van der Waals surface area contributed by atoms with Gasteiger partial charge in [-0.05, 0) is 18.8 Å². The van der Waals surface area contributed by atoms with Crippen LogP contribution in [0.25, 0.3) is 0 Å². The summed E-state index contributed by atoms with van der Waals surface area (Å²) >= 11 is 6.10. The molecule has 7 heteroatoms. The molecule has 1 heterocycles.